The predicted octanol–water partition coefficient (Wildman–Crippen LogP) is 2.06. The highest BCUT2D eigenvalue weighted by molar-refractivity contribution is 7.89. The number of aryl methyl sites for hydroxylation is 2. The van der Waals surface area contributed by atoms with Gasteiger partial charge in [0, 0.05) is 11.4 Å². The number of rotatable bonds is 4. The molecule has 0 fully saturated rings. The SMILES string of the molecule is Cc1ccc(C)n1NC(C)c1ccc(S(N)(=O)=O)cc1. The Balaban J connectivity index is 2.20. The Morgan fingerprint density at radius 3 is 2.00 bits per heavy atom. The lowest BCUT2D eigenvalue weighted by Gasteiger charge is -2.20. The topological polar surface area (TPSA) is 77.1 Å². The van der Waals surface area contributed by atoms with E-state index in [2.05, 4.69) is 5.43 Å². The number of aromatic nitrogens is 1. The van der Waals surface area contributed by atoms with E-state index in [0.29, 0.717) is 0 Å². The normalized spacial score (nSPS) is 13.2. The minimum Gasteiger partial charge on any atom is -0.319 e. The number of hydrogen-bond acceptors (Lipinski definition) is 3. The van der Waals surface area contributed by atoms with Crippen LogP contribution in [0.25, 0.3) is 0 Å². The molecular weight excluding hydrogens is 274 g/mol. The third kappa shape index (κ3) is 3.02. The smallest absolute Gasteiger partial charge is 0.238 e. The Labute approximate surface area is 119 Å². The molecule has 2 aromatic rings. The van der Waals surface area contributed by atoms with Gasteiger partial charge in [-0.2, -0.15) is 0 Å². The lowest BCUT2D eigenvalue weighted by Crippen LogP contribution is -2.21. The largest absolute Gasteiger partial charge is 0.319 e. The summed E-state index contributed by atoms with van der Waals surface area (Å²) in [6.07, 6.45) is 0. The van der Waals surface area contributed by atoms with Gasteiger partial charge in [0.05, 0.1) is 10.9 Å². The molecular formula is C14H19N3O2S. The van der Waals surface area contributed by atoms with Crippen LogP contribution < -0.4 is 10.6 Å². The van der Waals surface area contributed by atoms with E-state index in [0.717, 1.165) is 17.0 Å². The number of nitrogens with zero attached hydrogens (tertiary/aromatic N) is 1. The molecule has 0 aliphatic heterocycles. The van der Waals surface area contributed by atoms with E-state index in [9.17, 15) is 8.42 Å². The van der Waals surface area contributed by atoms with Crippen LogP contribution in [0.1, 0.15) is 29.9 Å². The highest BCUT2D eigenvalue weighted by atomic mass is 32.2. The molecule has 0 amide bonds. The lowest BCUT2D eigenvalue weighted by atomic mass is 10.1. The summed E-state index contributed by atoms with van der Waals surface area (Å²) in [6.45, 7) is 6.07. The molecule has 1 unspecified atom stereocenters. The molecule has 0 bridgehead atoms. The molecule has 20 heavy (non-hydrogen) atoms. The van der Waals surface area contributed by atoms with Crippen LogP contribution in [0.15, 0.2) is 41.3 Å². The summed E-state index contributed by atoms with van der Waals surface area (Å²) in [5, 5.41) is 5.08. The number of sulfonamides is 1. The standard InChI is InChI=1S/C14H19N3O2S/c1-10-4-5-11(2)17(10)16-12(3)13-6-8-14(9-7-13)20(15,18)19/h4-9,12,16H,1-3H3,(H2,15,18,19). The third-order valence-corrected chi connectivity index (χ3v) is 4.23. The average molecular weight is 293 g/mol. The van der Waals surface area contributed by atoms with E-state index in [1.165, 1.54) is 12.1 Å². The fourth-order valence-corrected chi connectivity index (χ4v) is 2.60. The van der Waals surface area contributed by atoms with Crippen LogP contribution in [0.3, 0.4) is 0 Å². The zero-order chi connectivity index (χ0) is 14.9. The van der Waals surface area contributed by atoms with Crippen molar-refractivity contribution >= 4 is 10.0 Å². The van der Waals surface area contributed by atoms with Gasteiger partial charge in [-0.05, 0) is 50.6 Å². The van der Waals surface area contributed by atoms with Crippen molar-refractivity contribution in [3.63, 3.8) is 0 Å². The molecule has 0 spiro atoms. The van der Waals surface area contributed by atoms with Crippen molar-refractivity contribution in [3.05, 3.63) is 53.3 Å². The van der Waals surface area contributed by atoms with Crippen LogP contribution in [0.5, 0.6) is 0 Å². The summed E-state index contributed by atoms with van der Waals surface area (Å²) in [6, 6.07) is 10.7. The molecule has 1 heterocycles. The van der Waals surface area contributed by atoms with Crippen LogP contribution in [0.2, 0.25) is 0 Å². The summed E-state index contributed by atoms with van der Waals surface area (Å²) in [7, 11) is -3.63. The van der Waals surface area contributed by atoms with Gasteiger partial charge in [-0.25, -0.2) is 13.6 Å². The number of nitrogens with two attached hydrogens (primary N) is 1. The molecule has 0 saturated carbocycles. The minimum absolute atomic E-state index is 0.0503. The molecule has 3 N–H and O–H groups in total. The van der Waals surface area contributed by atoms with E-state index in [1.54, 1.807) is 12.1 Å². The van der Waals surface area contributed by atoms with Gasteiger partial charge in [0.1, 0.15) is 0 Å². The maximum Gasteiger partial charge on any atom is 0.238 e. The number of hydrogen-bond donors (Lipinski definition) is 2. The highest BCUT2D eigenvalue weighted by Gasteiger charge is 2.11. The van der Waals surface area contributed by atoms with Crippen LogP contribution in [-0.2, 0) is 10.0 Å². The first kappa shape index (κ1) is 14.6. The molecule has 1 atom stereocenters. The maximum absolute atomic E-state index is 11.2. The molecule has 108 valence electrons. The first-order valence-corrected chi connectivity index (χ1v) is 7.88. The van der Waals surface area contributed by atoms with Gasteiger partial charge in [-0.15, -0.1) is 0 Å². The Bertz CT molecular complexity index is 683. The summed E-state index contributed by atoms with van der Waals surface area (Å²) >= 11 is 0. The van der Waals surface area contributed by atoms with Crippen LogP contribution >= 0.6 is 0 Å². The fraction of sp³-hybridized carbons (Fsp3) is 0.286. The summed E-state index contributed by atoms with van der Waals surface area (Å²) in [5.41, 5.74) is 6.60. The van der Waals surface area contributed by atoms with Gasteiger partial charge in [0.25, 0.3) is 0 Å². The average Bonchev–Trinajstić information content (AvgIpc) is 2.69. The van der Waals surface area contributed by atoms with Gasteiger partial charge >= 0.3 is 0 Å². The van der Waals surface area contributed by atoms with Crippen molar-refractivity contribution in [3.8, 4) is 0 Å². The molecule has 0 saturated heterocycles. The van der Waals surface area contributed by atoms with Gasteiger partial charge in [0.2, 0.25) is 10.0 Å². The predicted molar refractivity (Wildman–Crippen MR) is 79.5 cm³/mol. The summed E-state index contributed by atoms with van der Waals surface area (Å²) < 4.78 is 24.4. The minimum atomic E-state index is -3.63. The van der Waals surface area contributed by atoms with E-state index in [1.807, 2.05) is 37.6 Å². The van der Waals surface area contributed by atoms with Crippen molar-refractivity contribution in [2.45, 2.75) is 31.7 Å². The Morgan fingerprint density at radius 1 is 1.05 bits per heavy atom. The molecule has 0 radical (unpaired) electrons. The van der Waals surface area contributed by atoms with Gasteiger partial charge in [-0.3, -0.25) is 4.68 Å². The first-order chi connectivity index (χ1) is 9.29. The Morgan fingerprint density at radius 2 is 1.55 bits per heavy atom. The lowest BCUT2D eigenvalue weighted by molar-refractivity contribution is 0.597. The number of benzene rings is 1. The summed E-state index contributed by atoms with van der Waals surface area (Å²) in [5.74, 6) is 0. The molecule has 2 rings (SSSR count). The van der Waals surface area contributed by atoms with E-state index < -0.39 is 10.0 Å². The van der Waals surface area contributed by atoms with Gasteiger partial charge in [0.15, 0.2) is 0 Å². The first-order valence-electron chi connectivity index (χ1n) is 6.33. The summed E-state index contributed by atoms with van der Waals surface area (Å²) in [4.78, 5) is 0.127. The second-order valence-electron chi connectivity index (χ2n) is 4.92. The van der Waals surface area contributed by atoms with Crippen molar-refractivity contribution in [2.24, 2.45) is 5.14 Å². The molecule has 1 aromatic heterocycles. The van der Waals surface area contributed by atoms with Gasteiger partial charge < -0.3 is 5.43 Å². The zero-order valence-electron chi connectivity index (χ0n) is 11.8. The van der Waals surface area contributed by atoms with Crippen LogP contribution in [0, 0.1) is 13.8 Å². The monoisotopic (exact) mass is 293 g/mol. The van der Waals surface area contributed by atoms with E-state index in [-0.39, 0.29) is 10.9 Å². The van der Waals surface area contributed by atoms with Crippen LogP contribution in [0.4, 0.5) is 0 Å². The molecule has 0 aliphatic carbocycles. The fourth-order valence-electron chi connectivity index (χ4n) is 2.09. The van der Waals surface area contributed by atoms with Crippen LogP contribution in [-0.4, -0.2) is 13.1 Å². The maximum atomic E-state index is 11.2. The number of primary sulfonamides is 1. The Kier molecular flexibility index (Phi) is 3.87. The van der Waals surface area contributed by atoms with Crippen molar-refractivity contribution in [1.29, 1.82) is 0 Å². The van der Waals surface area contributed by atoms with Crippen molar-refractivity contribution < 1.29 is 8.42 Å². The van der Waals surface area contributed by atoms with Crippen molar-refractivity contribution in [1.82, 2.24) is 4.68 Å². The quantitative estimate of drug-likeness (QED) is 0.905. The second-order valence-corrected chi connectivity index (χ2v) is 6.48. The third-order valence-electron chi connectivity index (χ3n) is 3.30. The highest BCUT2D eigenvalue weighted by Crippen LogP contribution is 2.17. The van der Waals surface area contributed by atoms with Gasteiger partial charge in [-0.1, -0.05) is 12.1 Å². The molecule has 5 nitrogen and oxygen atoms in total. The molecule has 1 aromatic carbocycles. The van der Waals surface area contributed by atoms with E-state index in [4.69, 9.17) is 5.14 Å². The zero-order valence-corrected chi connectivity index (χ0v) is 12.6. The molecule has 6 heteroatoms. The molecule has 0 aliphatic rings. The van der Waals surface area contributed by atoms with E-state index >= 15 is 0 Å². The number of nitrogens with one attached hydrogen (secondary N) is 1. The Hall–Kier alpha value is -1.79. The second kappa shape index (κ2) is 5.30. The van der Waals surface area contributed by atoms with Crippen molar-refractivity contribution in [2.75, 3.05) is 5.43 Å².